The fraction of sp³-hybridized carbons (Fsp3) is 0.500. The summed E-state index contributed by atoms with van der Waals surface area (Å²) in [5.74, 6) is 0.509. The SMILES string of the molecule is CN(C(=O)/C=C/c1cc(Br)cs1)C1CC[C@@]2(O)[C@H]3Cc4ccc(O)c5c4[C@@]2(CCN3C)C1(C)O5. The van der Waals surface area contributed by atoms with Crippen molar-refractivity contribution in [1.82, 2.24) is 9.80 Å². The molecule has 1 amide bonds. The van der Waals surface area contributed by atoms with E-state index < -0.39 is 16.6 Å². The van der Waals surface area contributed by atoms with Crippen molar-refractivity contribution in [1.29, 1.82) is 0 Å². The summed E-state index contributed by atoms with van der Waals surface area (Å²) in [6.45, 7) is 2.88. The minimum atomic E-state index is -0.986. The van der Waals surface area contributed by atoms with Crippen LogP contribution >= 0.6 is 27.3 Å². The summed E-state index contributed by atoms with van der Waals surface area (Å²) in [6.07, 6.45) is 6.12. The van der Waals surface area contributed by atoms with Gasteiger partial charge in [0.05, 0.1) is 17.1 Å². The number of benzene rings is 1. The number of amides is 1. The third-order valence-electron chi connectivity index (χ3n) is 9.11. The number of phenolic OH excluding ortho intramolecular Hbond substituents is 1. The highest BCUT2D eigenvalue weighted by Crippen LogP contribution is 2.69. The second-order valence-corrected chi connectivity index (χ2v) is 12.3. The lowest BCUT2D eigenvalue weighted by Crippen LogP contribution is -2.81. The Hall–Kier alpha value is -1.87. The van der Waals surface area contributed by atoms with E-state index in [0.717, 1.165) is 33.4 Å². The predicted molar refractivity (Wildman–Crippen MR) is 135 cm³/mol. The Morgan fingerprint density at radius 3 is 2.91 bits per heavy atom. The Bertz CT molecular complexity index is 1230. The number of piperidine rings is 1. The molecule has 2 aromatic rings. The monoisotopic (exact) mass is 544 g/mol. The van der Waals surface area contributed by atoms with Crippen LogP contribution in [0.2, 0.25) is 0 Å². The molecule has 2 aliphatic carbocycles. The topological polar surface area (TPSA) is 73.2 Å². The van der Waals surface area contributed by atoms with Gasteiger partial charge < -0.3 is 24.7 Å². The Kier molecular flexibility index (Phi) is 4.86. The molecule has 6 rings (SSSR count). The van der Waals surface area contributed by atoms with E-state index in [-0.39, 0.29) is 23.7 Å². The number of nitrogens with zero attached hydrogens (tertiary/aromatic N) is 2. The lowest BCUT2D eigenvalue weighted by molar-refractivity contribution is -0.226. The maximum absolute atomic E-state index is 13.3. The van der Waals surface area contributed by atoms with Crippen molar-refractivity contribution in [3.8, 4) is 11.5 Å². The number of phenols is 1. The average Bonchev–Trinajstić information content (AvgIpc) is 3.33. The lowest BCUT2D eigenvalue weighted by Gasteiger charge is -2.67. The molecule has 2 fully saturated rings. The number of hydrogen-bond acceptors (Lipinski definition) is 6. The van der Waals surface area contributed by atoms with E-state index in [4.69, 9.17) is 4.74 Å². The van der Waals surface area contributed by atoms with Crippen LogP contribution < -0.4 is 4.74 Å². The summed E-state index contributed by atoms with van der Waals surface area (Å²) in [6, 6.07) is 5.40. The van der Waals surface area contributed by atoms with E-state index in [9.17, 15) is 15.0 Å². The molecule has 4 aliphatic rings. The second kappa shape index (κ2) is 7.32. The minimum Gasteiger partial charge on any atom is -0.504 e. The maximum Gasteiger partial charge on any atom is 0.246 e. The van der Waals surface area contributed by atoms with E-state index in [1.807, 2.05) is 37.6 Å². The number of aromatic hydroxyl groups is 1. The van der Waals surface area contributed by atoms with Gasteiger partial charge in [-0.15, -0.1) is 11.3 Å². The molecule has 1 saturated heterocycles. The number of carbonyl (C=O) groups excluding carboxylic acids is 1. The number of halogens is 1. The zero-order valence-electron chi connectivity index (χ0n) is 19.5. The first-order valence-corrected chi connectivity index (χ1v) is 13.5. The molecule has 1 saturated carbocycles. The van der Waals surface area contributed by atoms with Gasteiger partial charge in [-0.25, -0.2) is 0 Å². The maximum atomic E-state index is 13.3. The van der Waals surface area contributed by atoms with Gasteiger partial charge in [0.15, 0.2) is 11.5 Å². The van der Waals surface area contributed by atoms with Gasteiger partial charge in [-0.3, -0.25) is 4.79 Å². The van der Waals surface area contributed by atoms with Crippen molar-refractivity contribution in [3.63, 3.8) is 0 Å². The predicted octanol–water partition coefficient (Wildman–Crippen LogP) is 3.93. The first-order valence-electron chi connectivity index (χ1n) is 11.8. The van der Waals surface area contributed by atoms with Crippen molar-refractivity contribution in [2.24, 2.45) is 0 Å². The lowest BCUT2D eigenvalue weighted by atomic mass is 9.44. The van der Waals surface area contributed by atoms with Gasteiger partial charge in [0.2, 0.25) is 5.91 Å². The summed E-state index contributed by atoms with van der Waals surface area (Å²) < 4.78 is 7.69. The van der Waals surface area contributed by atoms with Crippen LogP contribution in [-0.4, -0.2) is 69.8 Å². The van der Waals surface area contributed by atoms with Crippen molar-refractivity contribution < 1.29 is 19.7 Å². The molecule has 2 bridgehead atoms. The molecule has 0 radical (unpaired) electrons. The van der Waals surface area contributed by atoms with Crippen LogP contribution in [-0.2, 0) is 16.6 Å². The molecular weight excluding hydrogens is 516 g/mol. The Morgan fingerprint density at radius 2 is 2.18 bits per heavy atom. The van der Waals surface area contributed by atoms with E-state index in [0.29, 0.717) is 25.0 Å². The molecule has 3 heterocycles. The number of thiophene rings is 1. The molecule has 34 heavy (non-hydrogen) atoms. The molecule has 2 N–H and O–H groups in total. The number of likely N-dealkylation sites (tertiary alicyclic amines) is 1. The summed E-state index contributed by atoms with van der Waals surface area (Å²) >= 11 is 5.03. The van der Waals surface area contributed by atoms with E-state index >= 15 is 0 Å². The van der Waals surface area contributed by atoms with Crippen LogP contribution in [0.15, 0.2) is 34.1 Å². The molecule has 2 unspecified atom stereocenters. The van der Waals surface area contributed by atoms with Crippen LogP contribution in [0.3, 0.4) is 0 Å². The molecular formula is C26H29BrN2O4S. The molecule has 1 aromatic carbocycles. The highest BCUT2D eigenvalue weighted by Gasteiger charge is 2.77. The number of rotatable bonds is 3. The third kappa shape index (κ3) is 2.66. The minimum absolute atomic E-state index is 0.0219. The van der Waals surface area contributed by atoms with Crippen LogP contribution in [0.25, 0.3) is 6.08 Å². The largest absolute Gasteiger partial charge is 0.504 e. The first kappa shape index (κ1) is 22.6. The molecule has 2 aliphatic heterocycles. The average molecular weight is 545 g/mol. The van der Waals surface area contributed by atoms with Crippen LogP contribution in [0.5, 0.6) is 11.5 Å². The zero-order valence-corrected chi connectivity index (χ0v) is 21.9. The summed E-state index contributed by atoms with van der Waals surface area (Å²) in [4.78, 5) is 18.4. The molecule has 5 atom stereocenters. The van der Waals surface area contributed by atoms with Gasteiger partial charge in [-0.05, 0) is 85.9 Å². The fourth-order valence-electron chi connectivity index (χ4n) is 7.59. The molecule has 8 heteroatoms. The number of likely N-dealkylation sites (N-methyl/N-ethyl adjacent to an activating group) is 2. The van der Waals surface area contributed by atoms with E-state index in [1.165, 1.54) is 0 Å². The zero-order chi connectivity index (χ0) is 24.0. The molecule has 1 spiro atoms. The third-order valence-corrected chi connectivity index (χ3v) is 10.8. The number of carbonyl (C=O) groups is 1. The highest BCUT2D eigenvalue weighted by atomic mass is 79.9. The van der Waals surface area contributed by atoms with E-state index in [2.05, 4.69) is 27.9 Å². The summed E-state index contributed by atoms with van der Waals surface area (Å²) in [5.41, 5.74) is -0.430. The summed E-state index contributed by atoms with van der Waals surface area (Å²) in [7, 11) is 3.92. The van der Waals surface area contributed by atoms with Crippen molar-refractivity contribution >= 4 is 39.2 Å². The Labute approximate surface area is 212 Å². The van der Waals surface area contributed by atoms with Crippen LogP contribution in [0, 0.1) is 0 Å². The molecule has 6 nitrogen and oxygen atoms in total. The Balaban J connectivity index is 1.44. The number of hydrogen-bond donors (Lipinski definition) is 2. The van der Waals surface area contributed by atoms with Gasteiger partial charge in [0.25, 0.3) is 0 Å². The smallest absolute Gasteiger partial charge is 0.246 e. The van der Waals surface area contributed by atoms with Crippen LogP contribution in [0.1, 0.15) is 42.2 Å². The van der Waals surface area contributed by atoms with Gasteiger partial charge in [0.1, 0.15) is 5.60 Å². The first-order chi connectivity index (χ1) is 16.1. The fourth-order valence-corrected chi connectivity index (χ4v) is 8.92. The number of aliphatic hydroxyl groups is 1. The molecule has 180 valence electrons. The van der Waals surface area contributed by atoms with Gasteiger partial charge in [0, 0.05) is 39.5 Å². The molecule has 1 aromatic heterocycles. The second-order valence-electron chi connectivity index (χ2n) is 10.4. The standard InChI is InChI=1S/C26H29BrN2O4S/c1-24-19(29(3)21(31)7-5-17-13-16(27)14-34-17)8-9-26(32)20-12-15-4-6-18(30)23(33-24)22(15)25(24,26)10-11-28(20)2/h4-7,13-14,19-20,30,32H,8-12H2,1-3H3/b7-5+/t19?,20-,24?,25+,26-/m1/s1. The van der Waals surface area contributed by atoms with Crippen molar-refractivity contribution in [3.05, 3.63) is 50.1 Å². The van der Waals surface area contributed by atoms with Gasteiger partial charge >= 0.3 is 0 Å². The van der Waals surface area contributed by atoms with Crippen molar-refractivity contribution in [2.45, 2.75) is 61.3 Å². The van der Waals surface area contributed by atoms with Crippen molar-refractivity contribution in [2.75, 3.05) is 20.6 Å². The highest BCUT2D eigenvalue weighted by molar-refractivity contribution is 9.10. The van der Waals surface area contributed by atoms with Gasteiger partial charge in [-0.2, -0.15) is 0 Å². The summed E-state index contributed by atoms with van der Waals surface area (Å²) in [5, 5.41) is 25.2. The van der Waals surface area contributed by atoms with Crippen LogP contribution in [0.4, 0.5) is 0 Å². The number of ether oxygens (including phenoxy) is 1. The Morgan fingerprint density at radius 1 is 1.38 bits per heavy atom. The quantitative estimate of drug-likeness (QED) is 0.572. The van der Waals surface area contributed by atoms with E-state index in [1.54, 1.807) is 28.4 Å². The normalized spacial score (nSPS) is 35.8. The van der Waals surface area contributed by atoms with Gasteiger partial charge in [-0.1, -0.05) is 6.07 Å².